The van der Waals surface area contributed by atoms with Crippen molar-refractivity contribution >= 4 is 17.7 Å². The molecule has 0 aromatic carbocycles. The Bertz CT molecular complexity index is 569. The molecule has 2 aromatic heterocycles. The van der Waals surface area contributed by atoms with Crippen LogP contribution >= 0.6 is 11.8 Å². The van der Waals surface area contributed by atoms with Crippen molar-refractivity contribution in [2.24, 2.45) is 0 Å². The summed E-state index contributed by atoms with van der Waals surface area (Å²) in [6.45, 7) is 3.96. The lowest BCUT2D eigenvalue weighted by molar-refractivity contribution is -0.133. The maximum Gasteiger partial charge on any atom is 0.313 e. The lowest BCUT2D eigenvalue weighted by atomic mass is 10.1. The number of thioether (sulfide) groups is 1. The van der Waals surface area contributed by atoms with Crippen LogP contribution in [-0.2, 0) is 4.79 Å². The van der Waals surface area contributed by atoms with Gasteiger partial charge in [0.2, 0.25) is 0 Å². The van der Waals surface area contributed by atoms with Crippen molar-refractivity contribution < 1.29 is 9.90 Å². The van der Waals surface area contributed by atoms with Crippen molar-refractivity contribution in [2.45, 2.75) is 25.0 Å². The van der Waals surface area contributed by atoms with E-state index in [2.05, 4.69) is 16.9 Å². The highest BCUT2D eigenvalue weighted by Crippen LogP contribution is 2.25. The van der Waals surface area contributed by atoms with Crippen LogP contribution in [0.15, 0.2) is 35.9 Å². The van der Waals surface area contributed by atoms with Crippen LogP contribution in [0.1, 0.15) is 24.2 Å². The highest BCUT2D eigenvalue weighted by molar-refractivity contribution is 7.99. The number of hydrogen-bond acceptors (Lipinski definition) is 4. The molecule has 2 rings (SSSR count). The fourth-order valence-corrected chi connectivity index (χ4v) is 2.63. The number of carbonyl (C=O) groups is 1. The number of nitrogens with zero attached hydrogens (tertiary/aromatic N) is 3. The Morgan fingerprint density at radius 1 is 1.47 bits per heavy atom. The average Bonchev–Trinajstić information content (AvgIpc) is 2.78. The molecule has 0 bridgehead atoms. The van der Waals surface area contributed by atoms with Gasteiger partial charge >= 0.3 is 5.97 Å². The first-order chi connectivity index (χ1) is 9.08. The zero-order valence-corrected chi connectivity index (χ0v) is 11.6. The number of aromatic nitrogens is 3. The minimum atomic E-state index is -0.839. The van der Waals surface area contributed by atoms with Gasteiger partial charge in [-0.05, 0) is 31.5 Å². The second-order valence-corrected chi connectivity index (χ2v) is 5.15. The monoisotopic (exact) mass is 277 g/mol. The largest absolute Gasteiger partial charge is 0.481 e. The molecule has 0 saturated heterocycles. The highest BCUT2D eigenvalue weighted by atomic mass is 32.2. The van der Waals surface area contributed by atoms with E-state index in [1.54, 1.807) is 12.4 Å². The van der Waals surface area contributed by atoms with Crippen LogP contribution < -0.4 is 0 Å². The van der Waals surface area contributed by atoms with Gasteiger partial charge in [0.15, 0.2) is 5.16 Å². The Hall–Kier alpha value is -1.82. The first-order valence-corrected chi connectivity index (χ1v) is 6.86. The van der Waals surface area contributed by atoms with Crippen LogP contribution in [0.2, 0.25) is 0 Å². The summed E-state index contributed by atoms with van der Waals surface area (Å²) in [6, 6.07) is 4.00. The molecule has 1 atom stereocenters. The van der Waals surface area contributed by atoms with Crippen LogP contribution in [0.4, 0.5) is 0 Å². The summed E-state index contributed by atoms with van der Waals surface area (Å²) in [4.78, 5) is 19.0. The molecule has 0 aliphatic heterocycles. The van der Waals surface area contributed by atoms with E-state index >= 15 is 0 Å². The first-order valence-electron chi connectivity index (χ1n) is 5.88. The molecule has 0 fully saturated rings. The summed E-state index contributed by atoms with van der Waals surface area (Å²) in [5, 5.41) is 9.49. The van der Waals surface area contributed by atoms with E-state index in [1.165, 1.54) is 11.8 Å². The number of hydrogen-bond donors (Lipinski definition) is 1. The smallest absolute Gasteiger partial charge is 0.313 e. The molecule has 0 spiro atoms. The van der Waals surface area contributed by atoms with Crippen LogP contribution in [0.3, 0.4) is 0 Å². The first kappa shape index (κ1) is 13.6. The molecule has 0 amide bonds. The molecule has 1 N–H and O–H groups in total. The summed E-state index contributed by atoms with van der Waals surface area (Å²) in [5.41, 5.74) is 2.00. The predicted molar refractivity (Wildman–Crippen MR) is 73.4 cm³/mol. The van der Waals surface area contributed by atoms with Crippen LogP contribution in [0.5, 0.6) is 0 Å². The van der Waals surface area contributed by atoms with Gasteiger partial charge in [-0.25, -0.2) is 4.98 Å². The standard InChI is InChI=1S/C13H15N3O2S/c1-9-7-16(13(15-9)19-8-12(17)18)10(2)11-3-5-14-6-4-11/h3-7,10H,8H2,1-2H3,(H,17,18). The number of aryl methyl sites for hydroxylation is 1. The molecule has 0 aliphatic carbocycles. The van der Waals surface area contributed by atoms with E-state index in [1.807, 2.05) is 29.8 Å². The fourth-order valence-electron chi connectivity index (χ4n) is 1.81. The van der Waals surface area contributed by atoms with Gasteiger partial charge in [0.05, 0.1) is 17.5 Å². The van der Waals surface area contributed by atoms with Crippen molar-refractivity contribution in [1.29, 1.82) is 0 Å². The van der Waals surface area contributed by atoms with Crippen molar-refractivity contribution in [3.05, 3.63) is 42.0 Å². The molecule has 5 nitrogen and oxygen atoms in total. The molecule has 1 unspecified atom stereocenters. The molecule has 0 saturated carbocycles. The second-order valence-electron chi connectivity index (χ2n) is 4.21. The van der Waals surface area contributed by atoms with Crippen molar-refractivity contribution in [2.75, 3.05) is 5.75 Å². The molecule has 19 heavy (non-hydrogen) atoms. The maximum absolute atomic E-state index is 10.7. The predicted octanol–water partition coefficient (Wildman–Crippen LogP) is 2.37. The van der Waals surface area contributed by atoms with E-state index in [0.717, 1.165) is 16.4 Å². The molecular formula is C13H15N3O2S. The topological polar surface area (TPSA) is 68.0 Å². The molecule has 2 aromatic rings. The van der Waals surface area contributed by atoms with Crippen molar-refractivity contribution in [3.63, 3.8) is 0 Å². The Morgan fingerprint density at radius 3 is 2.79 bits per heavy atom. The van der Waals surface area contributed by atoms with Gasteiger partial charge in [0.1, 0.15) is 0 Å². The molecule has 0 aliphatic rings. The zero-order valence-electron chi connectivity index (χ0n) is 10.8. The van der Waals surface area contributed by atoms with Crippen LogP contribution in [-0.4, -0.2) is 31.4 Å². The normalized spacial score (nSPS) is 12.3. The molecular weight excluding hydrogens is 262 g/mol. The SMILES string of the molecule is Cc1cn(C(C)c2ccncc2)c(SCC(=O)O)n1. The molecule has 6 heteroatoms. The lowest BCUT2D eigenvalue weighted by Gasteiger charge is -2.15. The summed E-state index contributed by atoms with van der Waals surface area (Å²) in [5.74, 6) is -0.826. The summed E-state index contributed by atoms with van der Waals surface area (Å²) < 4.78 is 2.00. The number of aliphatic carboxylic acids is 1. The van der Waals surface area contributed by atoms with Gasteiger partial charge < -0.3 is 9.67 Å². The third kappa shape index (κ3) is 3.35. The van der Waals surface area contributed by atoms with Gasteiger partial charge in [-0.2, -0.15) is 0 Å². The van der Waals surface area contributed by atoms with E-state index in [4.69, 9.17) is 5.11 Å². The van der Waals surface area contributed by atoms with E-state index in [0.29, 0.717) is 0 Å². The Labute approximate surface area is 115 Å². The van der Waals surface area contributed by atoms with Crippen LogP contribution in [0.25, 0.3) is 0 Å². The maximum atomic E-state index is 10.7. The minimum Gasteiger partial charge on any atom is -0.481 e. The average molecular weight is 277 g/mol. The van der Waals surface area contributed by atoms with Gasteiger partial charge in [-0.15, -0.1) is 0 Å². The van der Waals surface area contributed by atoms with E-state index in [9.17, 15) is 4.79 Å². The van der Waals surface area contributed by atoms with Gasteiger partial charge in [0, 0.05) is 18.6 Å². The number of pyridine rings is 1. The van der Waals surface area contributed by atoms with Gasteiger partial charge in [-0.1, -0.05) is 11.8 Å². The zero-order chi connectivity index (χ0) is 13.8. The van der Waals surface area contributed by atoms with E-state index < -0.39 is 5.97 Å². The Balaban J connectivity index is 2.26. The van der Waals surface area contributed by atoms with Crippen LogP contribution in [0, 0.1) is 6.92 Å². The molecule has 0 radical (unpaired) electrons. The lowest BCUT2D eigenvalue weighted by Crippen LogP contribution is -2.08. The second kappa shape index (κ2) is 5.88. The molecule has 2 heterocycles. The highest BCUT2D eigenvalue weighted by Gasteiger charge is 2.15. The Morgan fingerprint density at radius 2 is 2.16 bits per heavy atom. The quantitative estimate of drug-likeness (QED) is 0.850. The van der Waals surface area contributed by atoms with Crippen molar-refractivity contribution in [3.8, 4) is 0 Å². The summed E-state index contributed by atoms with van der Waals surface area (Å²) in [6.07, 6.45) is 5.44. The number of imidazole rings is 1. The summed E-state index contributed by atoms with van der Waals surface area (Å²) >= 11 is 1.24. The van der Waals surface area contributed by atoms with Gasteiger partial charge in [0.25, 0.3) is 0 Å². The minimum absolute atomic E-state index is 0.0134. The number of carboxylic acid groups (broad SMARTS) is 1. The number of rotatable bonds is 5. The van der Waals surface area contributed by atoms with Gasteiger partial charge in [-0.3, -0.25) is 9.78 Å². The fraction of sp³-hybridized carbons (Fsp3) is 0.308. The molecule has 100 valence electrons. The third-order valence-corrected chi connectivity index (χ3v) is 3.70. The Kier molecular flexibility index (Phi) is 4.21. The number of carboxylic acids is 1. The van der Waals surface area contributed by atoms with E-state index in [-0.39, 0.29) is 11.8 Å². The summed E-state index contributed by atoms with van der Waals surface area (Å²) in [7, 11) is 0. The van der Waals surface area contributed by atoms with Crippen molar-refractivity contribution in [1.82, 2.24) is 14.5 Å². The third-order valence-electron chi connectivity index (χ3n) is 2.75.